The van der Waals surface area contributed by atoms with Crippen molar-refractivity contribution in [3.8, 4) is 0 Å². The van der Waals surface area contributed by atoms with E-state index in [1.807, 2.05) is 19.1 Å². The Hall–Kier alpha value is -0.190. The van der Waals surface area contributed by atoms with Gasteiger partial charge in [0.15, 0.2) is 11.6 Å². The molecule has 3 N–H and O–H groups in total. The fraction of sp³-hybridized carbons (Fsp3) is 0.263. The van der Waals surface area contributed by atoms with Crippen LogP contribution in [-0.4, -0.2) is 53.4 Å². The fourth-order valence-corrected chi connectivity index (χ4v) is 3.84. The molecule has 0 aliphatic carbocycles. The Labute approximate surface area is 222 Å². The quantitative estimate of drug-likeness (QED) is 0.0899. The second-order valence-electron chi connectivity index (χ2n) is 5.69. The van der Waals surface area contributed by atoms with Gasteiger partial charge in [0.25, 0.3) is 0 Å². The number of hydrogen-bond acceptors (Lipinski definition) is 7. The number of aliphatic hydroxyl groups is 2. The fourth-order valence-electron chi connectivity index (χ4n) is 2.03. The van der Waals surface area contributed by atoms with Crippen molar-refractivity contribution in [1.82, 2.24) is 0 Å². The van der Waals surface area contributed by atoms with Gasteiger partial charge in [-0.3, -0.25) is 9.59 Å². The van der Waals surface area contributed by atoms with Gasteiger partial charge in [-0.25, -0.2) is 0 Å². The number of halogens is 3. The van der Waals surface area contributed by atoms with Crippen molar-refractivity contribution < 1.29 is 24.4 Å². The molecule has 0 fully saturated rings. The average Bonchev–Trinajstić information content (AvgIpc) is 2.76. The van der Waals surface area contributed by atoms with E-state index in [1.165, 1.54) is 6.96 Å². The van der Waals surface area contributed by atoms with Crippen molar-refractivity contribution in [2.75, 3.05) is 13.2 Å². The van der Waals surface area contributed by atoms with Gasteiger partial charge in [-0.2, -0.15) is 0 Å². The van der Waals surface area contributed by atoms with E-state index in [0.717, 1.165) is 20.1 Å². The number of alkyl halides is 1. The summed E-state index contributed by atoms with van der Waals surface area (Å²) in [5.41, 5.74) is 3.09. The van der Waals surface area contributed by atoms with E-state index in [2.05, 4.69) is 61.2 Å². The van der Waals surface area contributed by atoms with Gasteiger partial charge in [-0.15, -0.1) is 0 Å². The minimum absolute atomic E-state index is 0. The van der Waals surface area contributed by atoms with E-state index in [9.17, 15) is 9.59 Å². The molecule has 0 aliphatic heterocycles. The van der Waals surface area contributed by atoms with Gasteiger partial charge in [0, 0.05) is 25.4 Å². The molecule has 32 heavy (non-hydrogen) atoms. The third-order valence-electron chi connectivity index (χ3n) is 3.28. The van der Waals surface area contributed by atoms with Crippen molar-refractivity contribution in [2.24, 2.45) is 4.30 Å². The number of rotatable bonds is 7. The van der Waals surface area contributed by atoms with E-state index < -0.39 is 13.2 Å². The topological polar surface area (TPSA) is 107 Å². The first-order valence-electron chi connectivity index (χ1n) is 8.50. The summed E-state index contributed by atoms with van der Waals surface area (Å²) in [6, 6.07) is 10.7. The molecule has 0 saturated heterocycles. The second-order valence-corrected chi connectivity index (χ2v) is 8.84. The van der Waals surface area contributed by atoms with Crippen LogP contribution in [0.15, 0.2) is 49.6 Å². The third kappa shape index (κ3) is 14.9. The number of carbonyl (C=O) groups excluding carboxylic acids is 2. The number of carbonyl (C=O) groups is 2. The van der Waals surface area contributed by atoms with Crippen LogP contribution < -0.4 is 0 Å². The summed E-state index contributed by atoms with van der Waals surface area (Å²) >= 11 is 10.3. The van der Waals surface area contributed by atoms with Crippen molar-refractivity contribution in [3.05, 3.63) is 67.6 Å². The van der Waals surface area contributed by atoms with E-state index in [0.29, 0.717) is 28.7 Å². The predicted octanol–water partition coefficient (Wildman–Crippen LogP) is 5.49. The summed E-state index contributed by atoms with van der Waals surface area (Å²) in [6.45, 7) is 4.16. The Bertz CT molecular complexity index is 868. The zero-order chi connectivity index (χ0) is 23.8. The van der Waals surface area contributed by atoms with Gasteiger partial charge in [0.1, 0.15) is 13.2 Å². The Kier molecular flexibility index (Phi) is 21.5. The molecule has 0 spiro atoms. The molecule has 6 nitrogen and oxygen atoms in total. The van der Waals surface area contributed by atoms with Crippen molar-refractivity contribution >= 4 is 94.6 Å². The van der Waals surface area contributed by atoms with Crippen LogP contribution in [0.3, 0.4) is 0 Å². The molecule has 0 bridgehead atoms. The Morgan fingerprint density at radius 1 is 1.00 bits per heavy atom. The van der Waals surface area contributed by atoms with Gasteiger partial charge in [-0.05, 0) is 54.4 Å². The SMILES string of the molecule is C.Cc1cc(Br)cc(C(=O)CO)c1.O=C(CO)c1cc(Br)cc(CBr)c1.OSN=B[B]P. The maximum absolute atomic E-state index is 11.1. The molecule has 2 rings (SSSR count). The summed E-state index contributed by atoms with van der Waals surface area (Å²) in [4.78, 5) is 22.2. The van der Waals surface area contributed by atoms with E-state index in [4.69, 9.17) is 14.8 Å². The van der Waals surface area contributed by atoms with Gasteiger partial charge >= 0.3 is 44.1 Å². The van der Waals surface area contributed by atoms with Crippen LogP contribution >= 0.6 is 69.1 Å². The number of aryl methyl sites for hydroxylation is 1. The number of nitrogens with zero attached hydrogens (tertiary/aromatic N) is 1. The van der Waals surface area contributed by atoms with E-state index >= 15 is 0 Å². The van der Waals surface area contributed by atoms with E-state index in [-0.39, 0.29) is 19.0 Å². The van der Waals surface area contributed by atoms with Gasteiger partial charge in [-0.1, -0.05) is 55.2 Å². The monoisotopic (exact) mass is 668 g/mol. The molecule has 0 aliphatic rings. The summed E-state index contributed by atoms with van der Waals surface area (Å²) in [6.07, 6.45) is 0. The number of hydrogen-bond donors (Lipinski definition) is 3. The second kappa shape index (κ2) is 20.2. The van der Waals surface area contributed by atoms with Crippen LogP contribution in [0.1, 0.15) is 39.3 Å². The standard InChI is InChI=1S/C9H8Br2O2.C9H9BrO2.CH4.B2H3NOPS/c10-4-6-1-7(9(13)5-12)3-8(11)2-6;1-6-2-7(9(12)5-11)4-8(10)3-6;;4-6-3-1-2-5/h1-3,12H,4-5H2;2-4,11H,5H2,1H3;1H4;4H,5H2. The molecule has 0 aromatic heterocycles. The zero-order valence-corrected chi connectivity index (χ0v) is 23.2. The van der Waals surface area contributed by atoms with Crippen molar-refractivity contribution in [1.29, 1.82) is 0 Å². The number of Topliss-reactive ketones (excluding diaryl/α,β-unsaturated/α-hetero) is 2. The molecule has 0 amide bonds. The van der Waals surface area contributed by atoms with Crippen LogP contribution in [0.5, 0.6) is 0 Å². The van der Waals surface area contributed by atoms with Crippen LogP contribution in [0.25, 0.3) is 0 Å². The number of benzene rings is 2. The minimum atomic E-state index is -0.446. The number of ketones is 2. The van der Waals surface area contributed by atoms with Gasteiger partial charge < -0.3 is 10.2 Å². The first-order valence-corrected chi connectivity index (χ1v) is 12.6. The summed E-state index contributed by atoms with van der Waals surface area (Å²) in [5, 5.41) is 18.0. The molecule has 173 valence electrons. The first kappa shape index (κ1) is 34.0. The van der Waals surface area contributed by atoms with Crippen LogP contribution in [0.4, 0.5) is 0 Å². The third-order valence-corrected chi connectivity index (χ3v) is 5.23. The molecule has 2 aromatic rings. The molecule has 13 heteroatoms. The normalized spacial score (nSPS) is 9.38. The van der Waals surface area contributed by atoms with Gasteiger partial charge in [0.05, 0.1) is 0 Å². The Balaban J connectivity index is 0. The van der Waals surface area contributed by atoms with E-state index in [1.54, 1.807) is 31.2 Å². The molecule has 2 aromatic carbocycles. The first-order chi connectivity index (χ1) is 14.7. The van der Waals surface area contributed by atoms with Crippen molar-refractivity contribution in [3.63, 3.8) is 0 Å². The Morgan fingerprint density at radius 3 is 1.88 bits per heavy atom. The predicted molar refractivity (Wildman–Crippen MR) is 149 cm³/mol. The molecule has 0 saturated carbocycles. The summed E-state index contributed by atoms with van der Waals surface area (Å²) in [7, 11) is 2.33. The molecule has 1 atom stereocenters. The maximum atomic E-state index is 11.1. The van der Waals surface area contributed by atoms with Crippen LogP contribution in [-0.2, 0) is 5.33 Å². The zero-order valence-electron chi connectivity index (χ0n) is 16.5. The molecule has 1 radical (unpaired) electrons. The summed E-state index contributed by atoms with van der Waals surface area (Å²) < 4.78 is 13.0. The van der Waals surface area contributed by atoms with Crippen LogP contribution in [0, 0.1) is 6.92 Å². The van der Waals surface area contributed by atoms with Crippen LogP contribution in [0.2, 0.25) is 0 Å². The molecular weight excluding hydrogens is 647 g/mol. The average molecular weight is 671 g/mol. The Morgan fingerprint density at radius 2 is 1.50 bits per heavy atom. The molecule has 1 unspecified atom stereocenters. The van der Waals surface area contributed by atoms with Gasteiger partial charge in [0.2, 0.25) is 0 Å². The number of aliphatic hydroxyl groups excluding tert-OH is 2. The van der Waals surface area contributed by atoms with Crippen molar-refractivity contribution in [2.45, 2.75) is 19.7 Å². The summed E-state index contributed by atoms with van der Waals surface area (Å²) in [5.74, 6) is -0.511. The molecular formula is C19H24B2Br3NO5PS. The molecule has 0 heterocycles.